The number of amides is 1. The van der Waals surface area contributed by atoms with Crippen LogP contribution >= 0.6 is 0 Å². The molecule has 1 amide bonds. The maximum atomic E-state index is 12.5. The molecule has 4 heteroatoms. The first-order valence-corrected chi connectivity index (χ1v) is 9.55. The zero-order valence-electron chi connectivity index (χ0n) is 16.3. The van der Waals surface area contributed by atoms with Crippen LogP contribution in [0.4, 0.5) is 0 Å². The van der Waals surface area contributed by atoms with Crippen molar-refractivity contribution in [3.05, 3.63) is 35.1 Å². The molecule has 4 nitrogen and oxygen atoms in total. The summed E-state index contributed by atoms with van der Waals surface area (Å²) in [5, 5.41) is 4.25. The molecule has 1 N–H and O–H groups in total. The van der Waals surface area contributed by atoms with E-state index in [4.69, 9.17) is 9.15 Å². The van der Waals surface area contributed by atoms with Gasteiger partial charge in [-0.05, 0) is 50.8 Å². The fourth-order valence-electron chi connectivity index (χ4n) is 3.94. The molecule has 1 heterocycles. The molecule has 1 aromatic carbocycles. The van der Waals surface area contributed by atoms with Gasteiger partial charge in [0.15, 0.2) is 0 Å². The van der Waals surface area contributed by atoms with Gasteiger partial charge in [-0.25, -0.2) is 0 Å². The molecule has 0 atom stereocenters. The molecule has 0 aliphatic heterocycles. The lowest BCUT2D eigenvalue weighted by atomic mass is 9.98. The number of methoxy groups -OCH3 is 1. The summed E-state index contributed by atoms with van der Waals surface area (Å²) in [7, 11) is 1.66. The minimum Gasteiger partial charge on any atom is -0.496 e. The summed E-state index contributed by atoms with van der Waals surface area (Å²) in [5.41, 5.74) is 4.74. The fraction of sp³-hybridized carbons (Fsp3) is 0.500. The Morgan fingerprint density at radius 2 is 1.92 bits per heavy atom. The summed E-state index contributed by atoms with van der Waals surface area (Å²) in [6.07, 6.45) is 10.6. The van der Waals surface area contributed by atoms with Crippen LogP contribution in [0.2, 0.25) is 0 Å². The van der Waals surface area contributed by atoms with E-state index >= 15 is 0 Å². The lowest BCUT2D eigenvalue weighted by Crippen LogP contribution is -2.33. The summed E-state index contributed by atoms with van der Waals surface area (Å²) in [6.45, 7) is 5.98. The Morgan fingerprint density at radius 1 is 1.23 bits per heavy atom. The number of fused-ring (bicyclic) bond motifs is 1. The third-order valence-corrected chi connectivity index (χ3v) is 5.42. The second-order valence-electron chi connectivity index (χ2n) is 7.40. The third kappa shape index (κ3) is 3.79. The molecule has 2 aromatic rings. The van der Waals surface area contributed by atoms with Crippen molar-refractivity contribution in [3.8, 4) is 5.75 Å². The average molecular weight is 355 g/mol. The van der Waals surface area contributed by atoms with Gasteiger partial charge in [-0.2, -0.15) is 0 Å². The predicted molar refractivity (Wildman–Crippen MR) is 106 cm³/mol. The molecule has 3 rings (SSSR count). The first-order chi connectivity index (χ1) is 12.5. The Morgan fingerprint density at radius 3 is 2.58 bits per heavy atom. The first-order valence-electron chi connectivity index (χ1n) is 9.55. The van der Waals surface area contributed by atoms with E-state index in [9.17, 15) is 4.79 Å². The number of hydrogen-bond acceptors (Lipinski definition) is 3. The van der Waals surface area contributed by atoms with Crippen LogP contribution in [0.15, 0.2) is 22.8 Å². The van der Waals surface area contributed by atoms with E-state index in [1.165, 1.54) is 25.7 Å². The minimum atomic E-state index is -0.0156. The van der Waals surface area contributed by atoms with Crippen LogP contribution in [-0.4, -0.2) is 19.1 Å². The summed E-state index contributed by atoms with van der Waals surface area (Å²) < 4.78 is 11.3. The van der Waals surface area contributed by atoms with Crippen LogP contribution in [0, 0.1) is 13.8 Å². The lowest BCUT2D eigenvalue weighted by molar-refractivity contribution is -0.117. The minimum absolute atomic E-state index is 0.0156. The highest BCUT2D eigenvalue weighted by Crippen LogP contribution is 2.37. The van der Waals surface area contributed by atoms with Crippen molar-refractivity contribution >= 4 is 22.4 Å². The van der Waals surface area contributed by atoms with Gasteiger partial charge in [-0.1, -0.05) is 25.7 Å². The van der Waals surface area contributed by atoms with Crippen molar-refractivity contribution in [2.45, 2.75) is 65.3 Å². The van der Waals surface area contributed by atoms with E-state index in [0.717, 1.165) is 51.8 Å². The maximum Gasteiger partial charge on any atom is 0.244 e. The standard InChI is InChI=1S/C22H29NO3/c1-14(11-20(24)23-17-9-7-5-6-8-10-17)18-12-19-15(2)13-26-22(19)16(3)21(18)25-4/h11-13,17H,5-10H2,1-4H3,(H,23,24)/b14-11+. The SMILES string of the molecule is COc1c(/C(C)=C/C(=O)NC2CCCCCC2)cc2c(C)coc2c1C. The maximum absolute atomic E-state index is 12.5. The van der Waals surface area contributed by atoms with E-state index in [2.05, 4.69) is 11.4 Å². The zero-order valence-corrected chi connectivity index (χ0v) is 16.3. The molecular weight excluding hydrogens is 326 g/mol. The summed E-state index contributed by atoms with van der Waals surface area (Å²) >= 11 is 0. The van der Waals surface area contributed by atoms with Crippen LogP contribution in [-0.2, 0) is 4.79 Å². The molecule has 26 heavy (non-hydrogen) atoms. The molecular formula is C22H29NO3. The number of allylic oxidation sites excluding steroid dienone is 1. The molecule has 140 valence electrons. The fourth-order valence-corrected chi connectivity index (χ4v) is 3.94. The number of carbonyl (C=O) groups excluding carboxylic acids is 1. The Bertz CT molecular complexity index is 824. The van der Waals surface area contributed by atoms with Crippen LogP contribution in [0.25, 0.3) is 16.5 Å². The summed E-state index contributed by atoms with van der Waals surface area (Å²) in [4.78, 5) is 12.5. The van der Waals surface area contributed by atoms with Gasteiger partial charge in [-0.15, -0.1) is 0 Å². The second kappa shape index (κ2) is 7.98. The highest BCUT2D eigenvalue weighted by atomic mass is 16.5. The van der Waals surface area contributed by atoms with Gasteiger partial charge in [-0.3, -0.25) is 4.79 Å². The molecule has 1 saturated carbocycles. The Kier molecular flexibility index (Phi) is 5.70. The Labute approximate surface area is 155 Å². The van der Waals surface area contributed by atoms with Crippen LogP contribution in [0.1, 0.15) is 62.1 Å². The molecule has 1 aliphatic carbocycles. The van der Waals surface area contributed by atoms with E-state index < -0.39 is 0 Å². The molecule has 0 bridgehead atoms. The Hall–Kier alpha value is -2.23. The number of hydrogen-bond donors (Lipinski definition) is 1. The first kappa shape index (κ1) is 18.6. The summed E-state index contributed by atoms with van der Waals surface area (Å²) in [6, 6.07) is 2.36. The molecule has 1 aromatic heterocycles. The van der Waals surface area contributed by atoms with Crippen molar-refractivity contribution < 1.29 is 13.9 Å². The number of aryl methyl sites for hydroxylation is 2. The van der Waals surface area contributed by atoms with E-state index in [1.807, 2.05) is 20.8 Å². The van der Waals surface area contributed by atoms with Crippen molar-refractivity contribution in [1.82, 2.24) is 5.32 Å². The molecule has 1 fully saturated rings. The van der Waals surface area contributed by atoms with Crippen molar-refractivity contribution in [2.24, 2.45) is 0 Å². The average Bonchev–Trinajstić information content (AvgIpc) is 2.81. The largest absolute Gasteiger partial charge is 0.496 e. The molecule has 0 unspecified atom stereocenters. The second-order valence-corrected chi connectivity index (χ2v) is 7.40. The molecule has 0 spiro atoms. The van der Waals surface area contributed by atoms with E-state index in [-0.39, 0.29) is 5.91 Å². The van der Waals surface area contributed by atoms with Gasteiger partial charge < -0.3 is 14.5 Å². The van der Waals surface area contributed by atoms with Gasteiger partial charge >= 0.3 is 0 Å². The van der Waals surface area contributed by atoms with Crippen molar-refractivity contribution in [2.75, 3.05) is 7.11 Å². The number of carbonyl (C=O) groups is 1. The van der Waals surface area contributed by atoms with Gasteiger partial charge in [0.2, 0.25) is 5.91 Å². The normalized spacial score (nSPS) is 16.5. The highest BCUT2D eigenvalue weighted by Gasteiger charge is 2.18. The van der Waals surface area contributed by atoms with Crippen LogP contribution in [0.5, 0.6) is 5.75 Å². The number of ether oxygens (including phenoxy) is 1. The Balaban J connectivity index is 1.88. The van der Waals surface area contributed by atoms with Gasteiger partial charge in [0.25, 0.3) is 0 Å². The molecule has 0 radical (unpaired) electrons. The smallest absolute Gasteiger partial charge is 0.244 e. The number of furan rings is 1. The predicted octanol–water partition coefficient (Wildman–Crippen LogP) is 5.30. The van der Waals surface area contributed by atoms with Gasteiger partial charge in [0.05, 0.1) is 13.4 Å². The number of nitrogens with one attached hydrogen (secondary N) is 1. The van der Waals surface area contributed by atoms with Gasteiger partial charge in [0, 0.05) is 28.6 Å². The third-order valence-electron chi connectivity index (χ3n) is 5.42. The summed E-state index contributed by atoms with van der Waals surface area (Å²) in [5.74, 6) is 0.751. The molecule has 1 aliphatic rings. The zero-order chi connectivity index (χ0) is 18.7. The van der Waals surface area contributed by atoms with Crippen LogP contribution in [0.3, 0.4) is 0 Å². The van der Waals surface area contributed by atoms with E-state index in [0.29, 0.717) is 6.04 Å². The highest BCUT2D eigenvalue weighted by molar-refractivity contribution is 5.98. The van der Waals surface area contributed by atoms with E-state index in [1.54, 1.807) is 19.4 Å². The van der Waals surface area contributed by atoms with Crippen molar-refractivity contribution in [3.63, 3.8) is 0 Å². The van der Waals surface area contributed by atoms with Crippen molar-refractivity contribution in [1.29, 1.82) is 0 Å². The topological polar surface area (TPSA) is 51.5 Å². The lowest BCUT2D eigenvalue weighted by Gasteiger charge is -2.16. The van der Waals surface area contributed by atoms with Gasteiger partial charge in [0.1, 0.15) is 11.3 Å². The molecule has 0 saturated heterocycles. The quantitative estimate of drug-likeness (QED) is 0.598. The monoisotopic (exact) mass is 355 g/mol. The number of benzene rings is 1. The number of rotatable bonds is 4. The van der Waals surface area contributed by atoms with Crippen LogP contribution < -0.4 is 10.1 Å².